The van der Waals surface area contributed by atoms with E-state index in [0.29, 0.717) is 6.67 Å². The Labute approximate surface area is 445 Å². The Kier molecular flexibility index (Phi) is 10.8. The van der Waals surface area contributed by atoms with Gasteiger partial charge in [-0.3, -0.25) is 4.57 Å². The molecule has 0 spiro atoms. The zero-order valence-electron chi connectivity index (χ0n) is 44.9. The van der Waals surface area contributed by atoms with Gasteiger partial charge in [0.1, 0.15) is 35.1 Å². The molecule has 0 radical (unpaired) electrons. The van der Waals surface area contributed by atoms with Gasteiger partial charge >= 0.3 is 0 Å². The van der Waals surface area contributed by atoms with Gasteiger partial charge in [0.25, 0.3) is 0 Å². The number of pyridine rings is 1. The molecule has 0 N–H and O–H groups in total. The topological polar surface area (TPSA) is 46.7 Å². The molecule has 0 saturated heterocycles. The van der Waals surface area contributed by atoms with Gasteiger partial charge in [0.15, 0.2) is 5.58 Å². The molecule has 0 fully saturated rings. The minimum atomic E-state index is -0.0882. The van der Waals surface area contributed by atoms with Crippen LogP contribution < -0.4 is 14.5 Å². The van der Waals surface area contributed by atoms with E-state index in [4.69, 9.17) is 14.1 Å². The van der Waals surface area contributed by atoms with Gasteiger partial charge in [-0.15, -0.1) is 0 Å². The number of ether oxygens (including phenoxy) is 1. The van der Waals surface area contributed by atoms with Crippen molar-refractivity contribution < 1.29 is 9.15 Å². The highest BCUT2D eigenvalue weighted by molar-refractivity contribution is 6.32. The first kappa shape index (κ1) is 47.1. The Morgan fingerprint density at radius 2 is 1.04 bits per heavy atom. The van der Waals surface area contributed by atoms with Gasteiger partial charge in [-0.05, 0) is 109 Å². The number of anilines is 4. The molecule has 12 aromatic rings. The molecule has 1 aliphatic rings. The standard InChI is InChI=1S/C70H62N4O2/c1-68(2,3)46-35-36-71-62(40-46)74-61-42-51(33-34-58(61)67-65(74)63-56-27-15-13-25-54(56)55-26-14-16-28-57(55)66(63)76-67)75-50-24-19-23-49(41-50)72-43-73(60-32-18-17-31-59(60)72)64-52(44-21-11-10-12-22-44)29-20-30-53(64)45-37-47(69(4,5)6)39-48(38-45)70(7,8)9/h10-42H,43H2,1-9H3. The monoisotopic (exact) mass is 990 g/mol. The Morgan fingerprint density at radius 3 is 1.74 bits per heavy atom. The third kappa shape index (κ3) is 7.89. The van der Waals surface area contributed by atoms with E-state index in [-0.39, 0.29) is 16.2 Å². The van der Waals surface area contributed by atoms with E-state index in [9.17, 15) is 0 Å². The minimum Gasteiger partial charge on any atom is -0.457 e. The third-order valence-corrected chi connectivity index (χ3v) is 15.5. The van der Waals surface area contributed by atoms with E-state index >= 15 is 0 Å². The molecule has 374 valence electrons. The number of benzene rings is 9. The summed E-state index contributed by atoms with van der Waals surface area (Å²) in [5.41, 5.74) is 16.6. The van der Waals surface area contributed by atoms with Crippen molar-refractivity contribution in [3.8, 4) is 39.6 Å². The van der Waals surface area contributed by atoms with E-state index in [1.807, 2.05) is 6.20 Å². The van der Waals surface area contributed by atoms with Crippen molar-refractivity contribution in [3.63, 3.8) is 0 Å². The van der Waals surface area contributed by atoms with Gasteiger partial charge in [-0.1, -0.05) is 196 Å². The molecule has 0 amide bonds. The van der Waals surface area contributed by atoms with E-state index in [2.05, 4.69) is 271 Å². The van der Waals surface area contributed by atoms with Crippen LogP contribution in [0.15, 0.2) is 205 Å². The second-order valence-corrected chi connectivity index (χ2v) is 23.7. The molecule has 6 heteroatoms. The Morgan fingerprint density at radius 1 is 0.447 bits per heavy atom. The smallest absolute Gasteiger partial charge is 0.161 e. The molecule has 6 nitrogen and oxygen atoms in total. The van der Waals surface area contributed by atoms with E-state index in [0.717, 1.165) is 78.1 Å². The summed E-state index contributed by atoms with van der Waals surface area (Å²) in [4.78, 5) is 10.0. The first-order chi connectivity index (χ1) is 36.6. The van der Waals surface area contributed by atoms with Crippen molar-refractivity contribution in [3.05, 3.63) is 217 Å². The van der Waals surface area contributed by atoms with Crippen molar-refractivity contribution in [1.29, 1.82) is 0 Å². The molecule has 3 aromatic heterocycles. The van der Waals surface area contributed by atoms with Crippen LogP contribution in [0.25, 0.3) is 82.6 Å². The zero-order chi connectivity index (χ0) is 52.3. The van der Waals surface area contributed by atoms with E-state index in [1.165, 1.54) is 55.4 Å². The molecule has 0 atom stereocenters. The van der Waals surface area contributed by atoms with Crippen molar-refractivity contribution in [2.75, 3.05) is 16.5 Å². The molecule has 1 aliphatic heterocycles. The molecular formula is C70H62N4O2. The predicted molar refractivity (Wildman–Crippen MR) is 319 cm³/mol. The molecule has 0 unspecified atom stereocenters. The number of hydrogen-bond donors (Lipinski definition) is 0. The number of fused-ring (bicyclic) bond motifs is 11. The lowest BCUT2D eigenvalue weighted by molar-refractivity contribution is 0.483. The molecule has 0 saturated carbocycles. The second kappa shape index (κ2) is 17.5. The number of hydrogen-bond acceptors (Lipinski definition) is 5. The van der Waals surface area contributed by atoms with Gasteiger partial charge in [0, 0.05) is 45.9 Å². The molecule has 76 heavy (non-hydrogen) atoms. The van der Waals surface area contributed by atoms with Crippen LogP contribution in [0.1, 0.15) is 79.0 Å². The number of rotatable bonds is 7. The number of aromatic nitrogens is 2. The average molecular weight is 991 g/mol. The van der Waals surface area contributed by atoms with Crippen LogP contribution in [0.5, 0.6) is 11.5 Å². The SMILES string of the molecule is CC(C)(C)c1cc(-c2cccc(-c3ccccc3)c2N2CN(c3cccc(Oc4ccc5c6oc7c8ccccc8c8ccccc8c7c6n(-c6cc(C(C)(C)C)ccn6)c5c4)c3)c3ccccc32)cc(C(C)(C)C)c1. The fraction of sp³-hybridized carbons (Fsp3) is 0.186. The summed E-state index contributed by atoms with van der Waals surface area (Å²) < 4.78 is 16.3. The quantitative estimate of drug-likeness (QED) is 0.149. The fourth-order valence-electron chi connectivity index (χ4n) is 11.5. The summed E-state index contributed by atoms with van der Waals surface area (Å²) >= 11 is 0. The Bertz CT molecular complexity index is 4220. The fourth-order valence-corrected chi connectivity index (χ4v) is 11.5. The highest BCUT2D eigenvalue weighted by atomic mass is 16.5. The average Bonchev–Trinajstić information content (AvgIpc) is 4.17. The van der Waals surface area contributed by atoms with Gasteiger partial charge < -0.3 is 19.0 Å². The maximum absolute atomic E-state index is 7.09. The number of furan rings is 1. The van der Waals surface area contributed by atoms with E-state index < -0.39 is 0 Å². The van der Waals surface area contributed by atoms with Crippen LogP contribution >= 0.6 is 0 Å². The first-order valence-electron chi connectivity index (χ1n) is 26.6. The Balaban J connectivity index is 0.930. The second-order valence-electron chi connectivity index (χ2n) is 23.7. The van der Waals surface area contributed by atoms with Crippen LogP contribution in [0.2, 0.25) is 0 Å². The van der Waals surface area contributed by atoms with Gasteiger partial charge in [-0.25, -0.2) is 4.98 Å². The summed E-state index contributed by atoms with van der Waals surface area (Å²) in [7, 11) is 0. The molecule has 13 rings (SSSR count). The minimum absolute atomic E-state index is 0.0333. The maximum Gasteiger partial charge on any atom is 0.161 e. The van der Waals surface area contributed by atoms with E-state index in [1.54, 1.807) is 0 Å². The molecule has 0 aliphatic carbocycles. The zero-order valence-corrected chi connectivity index (χ0v) is 44.9. The first-order valence-corrected chi connectivity index (χ1v) is 26.6. The summed E-state index contributed by atoms with van der Waals surface area (Å²) in [6.07, 6.45) is 1.93. The number of nitrogens with zero attached hydrogens (tertiary/aromatic N) is 4. The molecule has 0 bridgehead atoms. The summed E-state index contributed by atoms with van der Waals surface area (Å²) in [6, 6.07) is 70.1. The van der Waals surface area contributed by atoms with Crippen molar-refractivity contribution in [1.82, 2.24) is 9.55 Å². The van der Waals surface area contributed by atoms with Crippen molar-refractivity contribution >= 4 is 77.3 Å². The van der Waals surface area contributed by atoms with Crippen LogP contribution in [-0.2, 0) is 16.2 Å². The Hall–Kier alpha value is -8.61. The normalized spacial score (nSPS) is 13.2. The molecule has 9 aromatic carbocycles. The maximum atomic E-state index is 7.09. The lowest BCUT2D eigenvalue weighted by Gasteiger charge is -2.29. The van der Waals surface area contributed by atoms with Crippen LogP contribution in [0.3, 0.4) is 0 Å². The molecular weight excluding hydrogens is 929 g/mol. The summed E-state index contributed by atoms with van der Waals surface area (Å²) in [5, 5.41) is 6.67. The van der Waals surface area contributed by atoms with Gasteiger partial charge in [0.2, 0.25) is 0 Å². The number of para-hydroxylation sites is 3. The van der Waals surface area contributed by atoms with Crippen LogP contribution in [0.4, 0.5) is 22.7 Å². The lowest BCUT2D eigenvalue weighted by atomic mass is 9.78. The van der Waals surface area contributed by atoms with Crippen LogP contribution in [-0.4, -0.2) is 16.2 Å². The highest BCUT2D eigenvalue weighted by Gasteiger charge is 2.33. The van der Waals surface area contributed by atoms with Crippen molar-refractivity contribution in [2.45, 2.75) is 78.6 Å². The van der Waals surface area contributed by atoms with Gasteiger partial charge in [0.05, 0.1) is 28.0 Å². The van der Waals surface area contributed by atoms with Crippen LogP contribution in [0, 0.1) is 0 Å². The predicted octanol–water partition coefficient (Wildman–Crippen LogP) is 19.5. The largest absolute Gasteiger partial charge is 0.457 e. The third-order valence-electron chi connectivity index (χ3n) is 15.5. The highest BCUT2D eigenvalue weighted by Crippen LogP contribution is 2.52. The van der Waals surface area contributed by atoms with Gasteiger partial charge in [-0.2, -0.15) is 0 Å². The van der Waals surface area contributed by atoms with Crippen molar-refractivity contribution in [2.24, 2.45) is 0 Å². The lowest BCUT2D eigenvalue weighted by Crippen LogP contribution is -2.25. The molecule has 4 heterocycles. The summed E-state index contributed by atoms with van der Waals surface area (Å²) in [6.45, 7) is 21.2. The summed E-state index contributed by atoms with van der Waals surface area (Å²) in [5.74, 6) is 2.29.